The summed E-state index contributed by atoms with van der Waals surface area (Å²) in [5.74, 6) is 0.234. The summed E-state index contributed by atoms with van der Waals surface area (Å²) in [5, 5.41) is 6.31. The van der Waals surface area contributed by atoms with Gasteiger partial charge in [-0.25, -0.2) is 0 Å². The van der Waals surface area contributed by atoms with E-state index in [2.05, 4.69) is 10.6 Å². The minimum atomic E-state index is -0.548. The zero-order chi connectivity index (χ0) is 28.2. The minimum Gasteiger partial charge on any atom is -0.493 e. The maximum absolute atomic E-state index is 13.4. The smallest absolute Gasteiger partial charge is 0.258 e. The molecule has 3 aromatic carbocycles. The lowest BCUT2D eigenvalue weighted by Crippen LogP contribution is -2.58. The number of ether oxygens (including phenoxy) is 3. The number of piperidine rings is 1. The molecule has 3 aromatic rings. The molecule has 40 heavy (non-hydrogen) atoms. The predicted molar refractivity (Wildman–Crippen MR) is 149 cm³/mol. The van der Waals surface area contributed by atoms with Crippen LogP contribution in [0.2, 0.25) is 10.0 Å². The molecule has 1 saturated heterocycles. The second kappa shape index (κ2) is 12.1. The molecule has 0 radical (unpaired) electrons. The van der Waals surface area contributed by atoms with Crippen LogP contribution >= 0.6 is 23.2 Å². The predicted octanol–water partition coefficient (Wildman–Crippen LogP) is 4.10. The van der Waals surface area contributed by atoms with E-state index in [1.165, 1.54) is 13.2 Å². The van der Waals surface area contributed by atoms with E-state index >= 15 is 0 Å². The monoisotopic (exact) mass is 583 g/mol. The molecule has 3 heterocycles. The molecule has 3 aliphatic heterocycles. The van der Waals surface area contributed by atoms with Crippen LogP contribution in [0.1, 0.15) is 32.7 Å². The number of rotatable bonds is 2. The summed E-state index contributed by atoms with van der Waals surface area (Å²) in [4.78, 5) is 40.8. The number of carbonyl (C=O) groups excluding carboxylic acids is 3. The molecule has 0 saturated carbocycles. The van der Waals surface area contributed by atoms with Crippen LogP contribution in [0.3, 0.4) is 0 Å². The molecule has 2 N–H and O–H groups in total. The number of hydrogen-bond acceptors (Lipinski definition) is 6. The second-order valence-electron chi connectivity index (χ2n) is 9.45. The number of likely N-dealkylation sites (tertiary alicyclic amines) is 1. The third kappa shape index (κ3) is 6.11. The molecule has 11 heteroatoms. The highest BCUT2D eigenvalue weighted by Crippen LogP contribution is 2.30. The molecule has 9 nitrogen and oxygen atoms in total. The molecule has 1 fully saturated rings. The molecule has 0 aromatic heterocycles. The lowest BCUT2D eigenvalue weighted by Gasteiger charge is -2.39. The van der Waals surface area contributed by atoms with Gasteiger partial charge < -0.3 is 29.7 Å². The Balaban J connectivity index is 1.45. The standard InChI is InChI=1S/C29H27Cl2N3O6/c1-38-24-10-7-18-13-25(24)39-16-26(35)32-14-17-5-8-19(9-6-17)40-23-11-12-34(15-22(23)33-28(18)36)29(37)20-3-2-4-21(30)27(20)31/h2-10,13,22-23H,11-12,14-16H2,1H3,(H,32,35)(H,33,36)/t22-,23+/m0/s1. The van der Waals surface area contributed by atoms with Gasteiger partial charge in [-0.15, -0.1) is 0 Å². The van der Waals surface area contributed by atoms with Gasteiger partial charge in [-0.2, -0.15) is 0 Å². The van der Waals surface area contributed by atoms with Crippen LogP contribution in [-0.2, 0) is 11.3 Å². The molecule has 3 amide bonds. The van der Waals surface area contributed by atoms with Gasteiger partial charge in [0.2, 0.25) is 0 Å². The topological polar surface area (TPSA) is 106 Å². The summed E-state index contributed by atoms with van der Waals surface area (Å²) in [7, 11) is 1.47. The summed E-state index contributed by atoms with van der Waals surface area (Å²) in [6.07, 6.45) is 0.0435. The summed E-state index contributed by atoms with van der Waals surface area (Å²) < 4.78 is 17.3. The van der Waals surface area contributed by atoms with Crippen molar-refractivity contribution in [1.29, 1.82) is 0 Å². The maximum atomic E-state index is 13.4. The Morgan fingerprint density at radius 2 is 1.88 bits per heavy atom. The van der Waals surface area contributed by atoms with E-state index in [1.807, 2.05) is 24.3 Å². The second-order valence-corrected chi connectivity index (χ2v) is 10.2. The fourth-order valence-electron chi connectivity index (χ4n) is 4.67. The molecule has 208 valence electrons. The Bertz CT molecular complexity index is 1430. The number of amides is 3. The Kier molecular flexibility index (Phi) is 8.32. The van der Waals surface area contributed by atoms with Gasteiger partial charge in [0, 0.05) is 31.6 Å². The van der Waals surface area contributed by atoms with Crippen LogP contribution < -0.4 is 24.8 Å². The quantitative estimate of drug-likeness (QED) is 0.470. The summed E-state index contributed by atoms with van der Waals surface area (Å²) in [6, 6.07) is 16.4. The van der Waals surface area contributed by atoms with Crippen LogP contribution in [0.25, 0.3) is 0 Å². The summed E-state index contributed by atoms with van der Waals surface area (Å²) in [6.45, 7) is 0.642. The van der Waals surface area contributed by atoms with Crippen molar-refractivity contribution < 1.29 is 28.6 Å². The molecular weight excluding hydrogens is 557 g/mol. The molecule has 2 atom stereocenters. The SMILES string of the molecule is COc1ccc2cc1OCC(=O)NCc1ccc(cc1)O[C@@H]1CCN(C(=O)c3cccc(Cl)c3Cl)C[C@@H]1NC2=O. The van der Waals surface area contributed by atoms with E-state index < -0.39 is 18.1 Å². The van der Waals surface area contributed by atoms with Crippen molar-refractivity contribution in [3.63, 3.8) is 0 Å². The van der Waals surface area contributed by atoms with E-state index in [4.69, 9.17) is 37.4 Å². The lowest BCUT2D eigenvalue weighted by molar-refractivity contribution is -0.123. The molecule has 0 aliphatic carbocycles. The molecule has 0 spiro atoms. The first-order valence-corrected chi connectivity index (χ1v) is 13.4. The van der Waals surface area contributed by atoms with Crippen LogP contribution in [0.4, 0.5) is 0 Å². The third-order valence-electron chi connectivity index (χ3n) is 6.82. The van der Waals surface area contributed by atoms with Crippen LogP contribution in [0.5, 0.6) is 17.2 Å². The first kappa shape index (κ1) is 27.6. The Hall–Kier alpha value is -3.95. The largest absolute Gasteiger partial charge is 0.493 e. The maximum Gasteiger partial charge on any atom is 0.258 e. The average Bonchev–Trinajstić information content (AvgIpc) is 2.97. The van der Waals surface area contributed by atoms with E-state index in [1.54, 1.807) is 35.2 Å². The van der Waals surface area contributed by atoms with Crippen molar-refractivity contribution in [3.05, 3.63) is 87.4 Å². The van der Waals surface area contributed by atoms with E-state index in [-0.39, 0.29) is 40.8 Å². The van der Waals surface area contributed by atoms with Crippen LogP contribution in [0, 0.1) is 0 Å². The first-order valence-electron chi connectivity index (χ1n) is 12.7. The molecule has 0 unspecified atom stereocenters. The van der Waals surface area contributed by atoms with Crippen molar-refractivity contribution in [2.75, 3.05) is 26.8 Å². The number of methoxy groups -OCH3 is 1. The third-order valence-corrected chi connectivity index (χ3v) is 7.64. The van der Waals surface area contributed by atoms with Gasteiger partial charge in [0.25, 0.3) is 17.7 Å². The molecule has 3 aliphatic rings. The zero-order valence-electron chi connectivity index (χ0n) is 21.6. The summed E-state index contributed by atoms with van der Waals surface area (Å²) in [5.41, 5.74) is 1.47. The Morgan fingerprint density at radius 1 is 1.07 bits per heavy atom. The number of fused-ring (bicyclic) bond motifs is 7. The highest BCUT2D eigenvalue weighted by molar-refractivity contribution is 6.43. The van der Waals surface area contributed by atoms with Crippen LogP contribution in [-0.4, -0.2) is 61.6 Å². The van der Waals surface area contributed by atoms with Crippen molar-refractivity contribution in [3.8, 4) is 17.2 Å². The fraction of sp³-hybridized carbons (Fsp3) is 0.276. The normalized spacial score (nSPS) is 19.3. The number of carbonyl (C=O) groups is 3. The van der Waals surface area contributed by atoms with E-state index in [0.29, 0.717) is 42.1 Å². The number of halogens is 2. The van der Waals surface area contributed by atoms with Gasteiger partial charge in [-0.05, 0) is 48.0 Å². The van der Waals surface area contributed by atoms with Crippen molar-refractivity contribution in [2.24, 2.45) is 0 Å². The molecule has 4 bridgehead atoms. The van der Waals surface area contributed by atoms with E-state index in [0.717, 1.165) is 5.56 Å². The zero-order valence-corrected chi connectivity index (χ0v) is 23.1. The van der Waals surface area contributed by atoms with Crippen molar-refractivity contribution in [2.45, 2.75) is 25.1 Å². The van der Waals surface area contributed by atoms with Gasteiger partial charge >= 0.3 is 0 Å². The van der Waals surface area contributed by atoms with Gasteiger partial charge in [-0.1, -0.05) is 41.4 Å². The highest BCUT2D eigenvalue weighted by atomic mass is 35.5. The average molecular weight is 584 g/mol. The number of nitrogens with one attached hydrogen (secondary N) is 2. The fourth-order valence-corrected chi connectivity index (χ4v) is 5.05. The number of hydrogen-bond donors (Lipinski definition) is 2. The Morgan fingerprint density at radius 3 is 2.65 bits per heavy atom. The number of benzene rings is 3. The van der Waals surface area contributed by atoms with E-state index in [9.17, 15) is 14.4 Å². The van der Waals surface area contributed by atoms with Crippen molar-refractivity contribution in [1.82, 2.24) is 15.5 Å². The first-order chi connectivity index (χ1) is 19.3. The molecule has 6 rings (SSSR count). The van der Waals surface area contributed by atoms with Gasteiger partial charge in [0.05, 0.1) is 28.8 Å². The molecular formula is C29H27Cl2N3O6. The lowest BCUT2D eigenvalue weighted by atomic mass is 10.00. The number of nitrogens with zero attached hydrogens (tertiary/aromatic N) is 1. The van der Waals surface area contributed by atoms with Gasteiger partial charge in [0.1, 0.15) is 11.9 Å². The Labute approximate surface area is 241 Å². The van der Waals surface area contributed by atoms with Gasteiger partial charge in [-0.3, -0.25) is 14.4 Å². The highest BCUT2D eigenvalue weighted by Gasteiger charge is 2.35. The summed E-state index contributed by atoms with van der Waals surface area (Å²) >= 11 is 12.5. The van der Waals surface area contributed by atoms with Gasteiger partial charge in [0.15, 0.2) is 18.1 Å². The van der Waals surface area contributed by atoms with Crippen molar-refractivity contribution >= 4 is 40.9 Å². The van der Waals surface area contributed by atoms with Crippen LogP contribution in [0.15, 0.2) is 60.7 Å². The minimum absolute atomic E-state index is 0.185.